The first-order valence-corrected chi connectivity index (χ1v) is 6.20. The standard InChI is InChI=1S/C14H11NO2S/c1-9(16)12-4-3-11(8-15)7-14(12)18-13-5-6-17-10(13)2/h3-7H,1-2H3. The Morgan fingerprint density at radius 2 is 2.11 bits per heavy atom. The zero-order chi connectivity index (χ0) is 13.1. The smallest absolute Gasteiger partial charge is 0.160 e. The van der Waals surface area contributed by atoms with Gasteiger partial charge in [0.2, 0.25) is 0 Å². The van der Waals surface area contributed by atoms with Gasteiger partial charge in [-0.15, -0.1) is 0 Å². The summed E-state index contributed by atoms with van der Waals surface area (Å²) in [4.78, 5) is 13.3. The number of nitriles is 1. The Hall–Kier alpha value is -1.99. The fourth-order valence-corrected chi connectivity index (χ4v) is 2.62. The minimum atomic E-state index is -0.0110. The van der Waals surface area contributed by atoms with E-state index in [1.165, 1.54) is 18.7 Å². The Morgan fingerprint density at radius 1 is 1.33 bits per heavy atom. The van der Waals surface area contributed by atoms with Crippen LogP contribution in [0.15, 0.2) is 44.7 Å². The molecular formula is C14H11NO2S. The molecule has 18 heavy (non-hydrogen) atoms. The molecule has 0 N–H and O–H groups in total. The zero-order valence-electron chi connectivity index (χ0n) is 10.1. The van der Waals surface area contributed by atoms with Crippen LogP contribution < -0.4 is 0 Å². The first-order chi connectivity index (χ1) is 8.61. The molecule has 0 spiro atoms. The van der Waals surface area contributed by atoms with Gasteiger partial charge in [0.1, 0.15) is 5.76 Å². The van der Waals surface area contributed by atoms with Crippen molar-refractivity contribution in [1.29, 1.82) is 5.26 Å². The lowest BCUT2D eigenvalue weighted by molar-refractivity contribution is 0.101. The number of nitrogens with zero attached hydrogens (tertiary/aromatic N) is 1. The summed E-state index contributed by atoms with van der Waals surface area (Å²) in [5, 5.41) is 8.91. The third-order valence-corrected chi connectivity index (χ3v) is 3.72. The highest BCUT2D eigenvalue weighted by molar-refractivity contribution is 7.99. The molecule has 0 radical (unpaired) electrons. The van der Waals surface area contributed by atoms with Crippen molar-refractivity contribution in [3.8, 4) is 6.07 Å². The number of Topliss-reactive ketones (excluding diaryl/α,β-unsaturated/α-hetero) is 1. The van der Waals surface area contributed by atoms with Gasteiger partial charge in [-0.3, -0.25) is 4.79 Å². The minimum Gasteiger partial charge on any atom is -0.468 e. The van der Waals surface area contributed by atoms with Crippen molar-refractivity contribution in [2.24, 2.45) is 0 Å². The van der Waals surface area contributed by atoms with Gasteiger partial charge < -0.3 is 4.42 Å². The van der Waals surface area contributed by atoms with Crippen molar-refractivity contribution in [2.75, 3.05) is 0 Å². The normalized spacial score (nSPS) is 10.1. The van der Waals surface area contributed by atoms with Gasteiger partial charge in [0.05, 0.1) is 22.8 Å². The number of benzene rings is 1. The molecule has 0 saturated carbocycles. The summed E-state index contributed by atoms with van der Waals surface area (Å²) in [6.07, 6.45) is 1.61. The largest absolute Gasteiger partial charge is 0.468 e. The maximum atomic E-state index is 11.6. The molecule has 0 amide bonds. The maximum Gasteiger partial charge on any atom is 0.160 e. The Morgan fingerprint density at radius 3 is 2.67 bits per heavy atom. The van der Waals surface area contributed by atoms with Crippen LogP contribution in [0.1, 0.15) is 28.6 Å². The molecule has 2 rings (SSSR count). The van der Waals surface area contributed by atoms with E-state index in [9.17, 15) is 4.79 Å². The Labute approximate surface area is 109 Å². The SMILES string of the molecule is CC(=O)c1ccc(C#N)cc1Sc1ccoc1C. The number of carbonyl (C=O) groups excluding carboxylic acids is 1. The molecule has 3 nitrogen and oxygen atoms in total. The van der Waals surface area contributed by atoms with Crippen LogP contribution in [-0.2, 0) is 0 Å². The maximum absolute atomic E-state index is 11.6. The average Bonchev–Trinajstić information content (AvgIpc) is 2.74. The molecule has 4 heteroatoms. The van der Waals surface area contributed by atoms with Crippen molar-refractivity contribution in [3.05, 3.63) is 47.4 Å². The highest BCUT2D eigenvalue weighted by atomic mass is 32.2. The molecule has 0 atom stereocenters. The van der Waals surface area contributed by atoms with Gasteiger partial charge in [0, 0.05) is 10.5 Å². The highest BCUT2D eigenvalue weighted by Gasteiger charge is 2.12. The Bertz CT molecular complexity index is 637. The molecule has 0 fully saturated rings. The van der Waals surface area contributed by atoms with Gasteiger partial charge >= 0.3 is 0 Å². The average molecular weight is 257 g/mol. The fourth-order valence-electron chi connectivity index (χ4n) is 1.56. The third kappa shape index (κ3) is 2.47. The number of hydrogen-bond acceptors (Lipinski definition) is 4. The number of carbonyl (C=O) groups is 1. The van der Waals surface area contributed by atoms with Crippen molar-refractivity contribution in [1.82, 2.24) is 0 Å². The van der Waals surface area contributed by atoms with E-state index in [4.69, 9.17) is 9.68 Å². The van der Waals surface area contributed by atoms with Crippen LogP contribution in [0, 0.1) is 18.3 Å². The molecule has 2 aromatic rings. The van der Waals surface area contributed by atoms with Gasteiger partial charge in [0.25, 0.3) is 0 Å². The molecule has 1 aromatic heterocycles. The van der Waals surface area contributed by atoms with Gasteiger partial charge in [-0.1, -0.05) is 11.8 Å². The molecule has 1 aromatic carbocycles. The monoisotopic (exact) mass is 257 g/mol. The molecule has 90 valence electrons. The van der Waals surface area contributed by atoms with E-state index in [0.29, 0.717) is 11.1 Å². The van der Waals surface area contributed by atoms with Gasteiger partial charge in [0.15, 0.2) is 5.78 Å². The molecule has 0 aliphatic rings. The van der Waals surface area contributed by atoms with E-state index in [-0.39, 0.29) is 5.78 Å². The Balaban J connectivity index is 2.45. The van der Waals surface area contributed by atoms with Crippen LogP contribution in [0.2, 0.25) is 0 Å². The van der Waals surface area contributed by atoms with Crippen molar-refractivity contribution >= 4 is 17.5 Å². The second-order valence-electron chi connectivity index (χ2n) is 3.82. The summed E-state index contributed by atoms with van der Waals surface area (Å²) in [5.74, 6) is 0.792. The summed E-state index contributed by atoms with van der Waals surface area (Å²) in [5.41, 5.74) is 1.17. The summed E-state index contributed by atoms with van der Waals surface area (Å²) < 4.78 is 5.22. The van der Waals surface area contributed by atoms with Crippen molar-refractivity contribution in [2.45, 2.75) is 23.6 Å². The molecule has 0 saturated heterocycles. The quantitative estimate of drug-likeness (QED) is 0.784. The topological polar surface area (TPSA) is 54.0 Å². The number of rotatable bonds is 3. The first-order valence-electron chi connectivity index (χ1n) is 5.39. The van der Waals surface area contributed by atoms with E-state index >= 15 is 0 Å². The summed E-state index contributed by atoms with van der Waals surface area (Å²) >= 11 is 1.44. The van der Waals surface area contributed by atoms with Crippen molar-refractivity contribution in [3.63, 3.8) is 0 Å². The van der Waals surface area contributed by atoms with E-state index in [1.807, 2.05) is 13.0 Å². The van der Waals surface area contributed by atoms with Crippen LogP contribution >= 0.6 is 11.8 Å². The van der Waals surface area contributed by atoms with Gasteiger partial charge in [-0.05, 0) is 38.1 Å². The lowest BCUT2D eigenvalue weighted by atomic mass is 10.1. The molecule has 1 heterocycles. The van der Waals surface area contributed by atoms with E-state index in [1.54, 1.807) is 24.5 Å². The van der Waals surface area contributed by atoms with Crippen LogP contribution in [0.5, 0.6) is 0 Å². The number of hydrogen-bond donors (Lipinski definition) is 0. The molecule has 0 bridgehead atoms. The van der Waals surface area contributed by atoms with E-state index < -0.39 is 0 Å². The van der Waals surface area contributed by atoms with Crippen molar-refractivity contribution < 1.29 is 9.21 Å². The predicted octanol–water partition coefficient (Wildman–Crippen LogP) is 3.81. The molecule has 0 unspecified atom stereocenters. The van der Waals surface area contributed by atoms with E-state index in [2.05, 4.69) is 6.07 Å². The predicted molar refractivity (Wildman–Crippen MR) is 68.7 cm³/mol. The Kier molecular flexibility index (Phi) is 3.54. The lowest BCUT2D eigenvalue weighted by Gasteiger charge is -2.06. The second kappa shape index (κ2) is 5.11. The van der Waals surface area contributed by atoms with Gasteiger partial charge in [-0.25, -0.2) is 0 Å². The summed E-state index contributed by atoms with van der Waals surface area (Å²) in [7, 11) is 0. The van der Waals surface area contributed by atoms with E-state index in [0.717, 1.165) is 15.6 Å². The second-order valence-corrected chi connectivity index (χ2v) is 4.91. The van der Waals surface area contributed by atoms with Crippen LogP contribution in [0.3, 0.4) is 0 Å². The number of ketones is 1. The number of aryl methyl sites for hydroxylation is 1. The van der Waals surface area contributed by atoms with Crippen LogP contribution in [0.4, 0.5) is 0 Å². The minimum absolute atomic E-state index is 0.0110. The molecular weight excluding hydrogens is 246 g/mol. The lowest BCUT2D eigenvalue weighted by Crippen LogP contribution is -1.95. The number of furan rings is 1. The van der Waals surface area contributed by atoms with Crippen LogP contribution in [-0.4, -0.2) is 5.78 Å². The summed E-state index contributed by atoms with van der Waals surface area (Å²) in [6.45, 7) is 3.39. The highest BCUT2D eigenvalue weighted by Crippen LogP contribution is 2.34. The van der Waals surface area contributed by atoms with Crippen LogP contribution in [0.25, 0.3) is 0 Å². The first kappa shape index (κ1) is 12.5. The van der Waals surface area contributed by atoms with Gasteiger partial charge in [-0.2, -0.15) is 5.26 Å². The molecule has 0 aliphatic carbocycles. The third-order valence-electron chi connectivity index (χ3n) is 2.52. The summed E-state index contributed by atoms with van der Waals surface area (Å²) in [6, 6.07) is 9.01. The fraction of sp³-hybridized carbons (Fsp3) is 0.143. The zero-order valence-corrected chi connectivity index (χ0v) is 10.9. The molecule has 0 aliphatic heterocycles.